The Balaban J connectivity index is 0.000000900. The van der Waals surface area contributed by atoms with Gasteiger partial charge in [0.15, 0.2) is 0 Å². The number of halogens is 1. The lowest BCUT2D eigenvalue weighted by atomic mass is 9.97. The quantitative estimate of drug-likeness (QED) is 0.0779. The van der Waals surface area contributed by atoms with E-state index in [9.17, 15) is 18.7 Å². The number of phosphoric acid groups is 1. The number of aliphatic hydroxyl groups is 1. The Hall–Kier alpha value is -2.11. The van der Waals surface area contributed by atoms with Gasteiger partial charge in [-0.3, -0.25) is 32.2 Å². The Bertz CT molecular complexity index is 1350. The van der Waals surface area contributed by atoms with Crippen LogP contribution < -0.4 is 10.6 Å². The van der Waals surface area contributed by atoms with Crippen molar-refractivity contribution in [1.29, 1.82) is 0 Å². The van der Waals surface area contributed by atoms with Crippen LogP contribution in [-0.2, 0) is 54.2 Å². The summed E-state index contributed by atoms with van der Waals surface area (Å²) in [6.07, 6.45) is 9.03. The van der Waals surface area contributed by atoms with Crippen LogP contribution in [0.4, 0.5) is 11.4 Å². The molecule has 2 amide bonds. The maximum Gasteiger partial charge on any atom is 0.474 e. The number of rotatable bonds is 26. The van der Waals surface area contributed by atoms with Gasteiger partial charge in [0.2, 0.25) is 11.8 Å². The van der Waals surface area contributed by atoms with E-state index in [4.69, 9.17) is 29.9 Å². The molecule has 0 atom stereocenters. The Morgan fingerprint density at radius 2 is 0.927 bits per heavy atom. The average Bonchev–Trinajstić information content (AvgIpc) is 3.14. The molecule has 0 saturated heterocycles. The molecule has 2 aromatic carbocycles. The van der Waals surface area contributed by atoms with Crippen molar-refractivity contribution in [2.75, 3.05) is 50.3 Å². The second kappa shape index (κ2) is 31.9. The van der Waals surface area contributed by atoms with Crippen molar-refractivity contribution >= 4 is 49.2 Å². The van der Waals surface area contributed by atoms with E-state index in [-0.39, 0.29) is 50.1 Å². The summed E-state index contributed by atoms with van der Waals surface area (Å²) >= 11 is 5.25. The second-order valence-electron chi connectivity index (χ2n) is 12.5. The SMILES string of the molecule is CCCC(CCC)C(=O)Nc1ccc(CCO)cc1.CCCC(CCC)C(=O)Nc1ccc(CCOP(=O)(OCC)OCC)cc1.CCOP(=O)(Cl)OCC. The minimum atomic E-state index is -3.47. The van der Waals surface area contributed by atoms with E-state index in [1.54, 1.807) is 27.7 Å². The fraction of sp³-hybridized carbons (Fsp3) is 0.650. The van der Waals surface area contributed by atoms with Crippen LogP contribution in [0, 0.1) is 11.8 Å². The molecule has 0 aliphatic carbocycles. The monoisotopic (exact) mass is 834 g/mol. The number of carbonyl (C=O) groups excluding carboxylic acids is 2. The fourth-order valence-corrected chi connectivity index (χ4v) is 7.83. The molecule has 0 heterocycles. The first kappa shape index (κ1) is 52.9. The van der Waals surface area contributed by atoms with Crippen molar-refractivity contribution in [2.45, 2.75) is 120 Å². The van der Waals surface area contributed by atoms with Gasteiger partial charge in [0, 0.05) is 41.1 Å². The summed E-state index contributed by atoms with van der Waals surface area (Å²) in [5, 5.41) is 14.8. The summed E-state index contributed by atoms with van der Waals surface area (Å²) in [4.78, 5) is 24.5. The molecule has 2 aromatic rings. The number of amides is 2. The minimum Gasteiger partial charge on any atom is -0.396 e. The molecule has 0 spiro atoms. The van der Waals surface area contributed by atoms with Gasteiger partial charge in [-0.1, -0.05) is 77.6 Å². The van der Waals surface area contributed by atoms with Crippen LogP contribution in [0.1, 0.15) is 118 Å². The maximum absolute atomic E-state index is 12.4. The maximum atomic E-state index is 12.4. The van der Waals surface area contributed by atoms with Crippen LogP contribution in [-0.4, -0.2) is 56.6 Å². The molecule has 0 radical (unpaired) electrons. The highest BCUT2D eigenvalue weighted by molar-refractivity contribution is 7.81. The third kappa shape index (κ3) is 25.0. The van der Waals surface area contributed by atoms with Crippen LogP contribution >= 0.6 is 26.0 Å². The first-order valence-electron chi connectivity index (χ1n) is 19.8. The van der Waals surface area contributed by atoms with Gasteiger partial charge in [0.05, 0.1) is 33.0 Å². The van der Waals surface area contributed by atoms with Crippen molar-refractivity contribution in [3.05, 3.63) is 59.7 Å². The van der Waals surface area contributed by atoms with Crippen molar-refractivity contribution < 1.29 is 46.4 Å². The standard InChI is InChI=1S/C20H34NO5P.C16H25NO2.C4H10ClO3P/c1-5-9-18(10-6-2)20(22)21-19-13-11-17(12-14-19)15-16-26-27(23,24-7-3)25-8-4;1-3-5-14(6-4-2)16(19)17-15-9-7-13(8-10-15)11-12-18;1-3-7-9(5,6)8-4-2/h11-14,18H,5-10,15-16H2,1-4H3,(H,21,22);7-10,14,18H,3-6,11-12H2,1-2H3,(H,17,19);3-4H2,1-2H3. The van der Waals surface area contributed by atoms with Crippen LogP contribution in [0.2, 0.25) is 0 Å². The van der Waals surface area contributed by atoms with Crippen molar-refractivity contribution in [3.63, 3.8) is 0 Å². The predicted octanol–water partition coefficient (Wildman–Crippen LogP) is 11.4. The lowest BCUT2D eigenvalue weighted by molar-refractivity contribution is -0.121. The topological polar surface area (TPSA) is 159 Å². The summed E-state index contributed by atoms with van der Waals surface area (Å²) in [6.45, 7) is 13.6. The van der Waals surface area contributed by atoms with Gasteiger partial charge in [0.1, 0.15) is 0 Å². The first-order chi connectivity index (χ1) is 26.3. The number of carbonyl (C=O) groups is 2. The van der Waals surface area contributed by atoms with Gasteiger partial charge in [-0.2, -0.15) is 0 Å². The van der Waals surface area contributed by atoms with Crippen LogP contribution in [0.5, 0.6) is 0 Å². The van der Waals surface area contributed by atoms with Crippen molar-refractivity contribution in [3.8, 4) is 0 Å². The van der Waals surface area contributed by atoms with E-state index in [1.165, 1.54) is 0 Å². The van der Waals surface area contributed by atoms with E-state index >= 15 is 0 Å². The van der Waals surface area contributed by atoms with E-state index in [1.807, 2.05) is 48.5 Å². The van der Waals surface area contributed by atoms with Gasteiger partial charge in [-0.25, -0.2) is 9.13 Å². The molecule has 55 heavy (non-hydrogen) atoms. The Kier molecular flexibility index (Phi) is 30.7. The zero-order valence-corrected chi connectivity index (χ0v) is 37.0. The molecule has 0 bridgehead atoms. The van der Waals surface area contributed by atoms with Gasteiger partial charge >= 0.3 is 14.8 Å². The minimum absolute atomic E-state index is 0.0688. The Morgan fingerprint density at radius 3 is 1.24 bits per heavy atom. The summed E-state index contributed by atoms with van der Waals surface area (Å²) < 4.78 is 47.6. The number of benzene rings is 2. The van der Waals surface area contributed by atoms with Gasteiger partial charge < -0.3 is 15.7 Å². The number of anilines is 2. The van der Waals surface area contributed by atoms with Crippen LogP contribution in [0.25, 0.3) is 0 Å². The number of hydrogen-bond acceptors (Lipinski definition) is 10. The van der Waals surface area contributed by atoms with Gasteiger partial charge in [0.25, 0.3) is 0 Å². The van der Waals surface area contributed by atoms with E-state index in [0.717, 1.165) is 73.9 Å². The molecule has 12 nitrogen and oxygen atoms in total. The zero-order chi connectivity index (χ0) is 41.5. The van der Waals surface area contributed by atoms with Gasteiger partial charge in [-0.05, 0) is 102 Å². The normalized spacial score (nSPS) is 11.4. The number of aliphatic hydroxyl groups excluding tert-OH is 1. The number of phosphoric ester groups is 1. The molecule has 2 rings (SSSR count). The van der Waals surface area contributed by atoms with E-state index in [2.05, 4.69) is 47.4 Å². The molecule has 0 fully saturated rings. The second-order valence-corrected chi connectivity index (χ2v) is 16.8. The summed E-state index contributed by atoms with van der Waals surface area (Å²) in [6, 6.07) is 15.3. The molecule has 0 aliphatic heterocycles. The van der Waals surface area contributed by atoms with E-state index < -0.39 is 14.8 Å². The number of hydrogen-bond donors (Lipinski definition) is 3. The summed E-state index contributed by atoms with van der Waals surface area (Å²) in [5.74, 6) is 0.397. The summed E-state index contributed by atoms with van der Waals surface area (Å²) in [7, 11) is -3.47. The average molecular weight is 835 g/mol. The highest BCUT2D eigenvalue weighted by Crippen LogP contribution is 2.53. The molecule has 0 saturated carbocycles. The highest BCUT2D eigenvalue weighted by atomic mass is 35.7. The van der Waals surface area contributed by atoms with Crippen LogP contribution in [0.3, 0.4) is 0 Å². The van der Waals surface area contributed by atoms with E-state index in [0.29, 0.717) is 26.1 Å². The smallest absolute Gasteiger partial charge is 0.396 e. The first-order valence-corrected chi connectivity index (χ1v) is 23.7. The van der Waals surface area contributed by atoms with Gasteiger partial charge in [-0.15, -0.1) is 0 Å². The molecule has 3 N–H and O–H groups in total. The molecule has 0 unspecified atom stereocenters. The molecular formula is C40H69ClN2O10P2. The molecule has 15 heteroatoms. The van der Waals surface area contributed by atoms with Crippen molar-refractivity contribution in [1.82, 2.24) is 0 Å². The molecule has 0 aromatic heterocycles. The molecule has 0 aliphatic rings. The number of nitrogens with one attached hydrogen (secondary N) is 2. The third-order valence-corrected chi connectivity index (χ3v) is 11.3. The van der Waals surface area contributed by atoms with Crippen molar-refractivity contribution in [2.24, 2.45) is 11.8 Å². The Morgan fingerprint density at radius 1 is 0.582 bits per heavy atom. The molecular weight excluding hydrogens is 766 g/mol. The van der Waals surface area contributed by atoms with Crippen LogP contribution in [0.15, 0.2) is 48.5 Å². The third-order valence-electron chi connectivity index (χ3n) is 7.91. The Labute approximate surface area is 336 Å². The highest BCUT2D eigenvalue weighted by Gasteiger charge is 2.25. The summed E-state index contributed by atoms with van der Waals surface area (Å²) in [5.41, 5.74) is 3.73. The lowest BCUT2D eigenvalue weighted by Gasteiger charge is -2.16. The fourth-order valence-electron chi connectivity index (χ4n) is 5.38. The largest absolute Gasteiger partial charge is 0.474 e. The molecule has 316 valence electrons. The predicted molar refractivity (Wildman–Crippen MR) is 225 cm³/mol. The lowest BCUT2D eigenvalue weighted by Crippen LogP contribution is -2.22. The zero-order valence-electron chi connectivity index (χ0n) is 34.5.